The van der Waals surface area contributed by atoms with Gasteiger partial charge in [0, 0.05) is 0 Å². The van der Waals surface area contributed by atoms with Gasteiger partial charge in [-0.25, -0.2) is 14.4 Å². The van der Waals surface area contributed by atoms with Crippen LogP contribution < -0.4 is 14.8 Å². The molecule has 0 aliphatic rings. The number of hydrogen-bond acceptors (Lipinski definition) is 5. The molecule has 126 valence electrons. The molecule has 1 N–H and O–H groups in total. The number of aromatic nitrogens is 2. The summed E-state index contributed by atoms with van der Waals surface area (Å²) in [5.41, 5.74) is 0.377. The summed E-state index contributed by atoms with van der Waals surface area (Å²) in [7, 11) is 0. The van der Waals surface area contributed by atoms with Crippen LogP contribution in [0.5, 0.6) is 17.5 Å². The predicted molar refractivity (Wildman–Crippen MR) is 89.1 cm³/mol. The molecule has 0 aliphatic heterocycles. The van der Waals surface area contributed by atoms with E-state index in [4.69, 9.17) is 9.47 Å². The molecule has 1 amide bonds. The van der Waals surface area contributed by atoms with Gasteiger partial charge in [0.2, 0.25) is 0 Å². The summed E-state index contributed by atoms with van der Waals surface area (Å²) >= 11 is 0. The zero-order valence-electron chi connectivity index (χ0n) is 13.1. The van der Waals surface area contributed by atoms with Crippen molar-refractivity contribution in [3.05, 3.63) is 72.8 Å². The quantitative estimate of drug-likeness (QED) is 0.745. The van der Waals surface area contributed by atoms with E-state index in [0.717, 1.165) is 0 Å². The minimum absolute atomic E-state index is 0.0237. The minimum Gasteiger partial charge on any atom is -0.484 e. The molecule has 3 rings (SSSR count). The second kappa shape index (κ2) is 7.87. The molecule has 7 heteroatoms. The van der Waals surface area contributed by atoms with E-state index in [2.05, 4.69) is 15.3 Å². The van der Waals surface area contributed by atoms with Crippen molar-refractivity contribution in [3.8, 4) is 17.5 Å². The van der Waals surface area contributed by atoms with E-state index in [0.29, 0.717) is 11.4 Å². The summed E-state index contributed by atoms with van der Waals surface area (Å²) in [6.45, 7) is -0.141. The van der Waals surface area contributed by atoms with Crippen LogP contribution in [0.15, 0.2) is 67.0 Å². The van der Waals surface area contributed by atoms with Gasteiger partial charge in [-0.15, -0.1) is 0 Å². The van der Waals surface area contributed by atoms with Gasteiger partial charge in [0.05, 0.1) is 18.1 Å². The number of carbonyl (C=O) groups is 1. The lowest BCUT2D eigenvalue weighted by Gasteiger charge is -2.08. The number of rotatable bonds is 6. The number of nitrogens with zero attached hydrogens (tertiary/aromatic N) is 2. The Bertz CT molecular complexity index is 842. The molecule has 0 unspecified atom stereocenters. The van der Waals surface area contributed by atoms with Crippen molar-refractivity contribution < 1.29 is 18.7 Å². The minimum atomic E-state index is -0.512. The smallest absolute Gasteiger partial charge is 0.322 e. The van der Waals surface area contributed by atoms with Crippen LogP contribution in [-0.4, -0.2) is 22.5 Å². The Morgan fingerprint density at radius 2 is 1.68 bits per heavy atom. The van der Waals surface area contributed by atoms with Crippen molar-refractivity contribution in [2.45, 2.75) is 0 Å². The Labute approximate surface area is 143 Å². The SMILES string of the molecule is O=C(COc1ccccc1)Nc1cnc(Oc2ccccc2F)nc1. The summed E-state index contributed by atoms with van der Waals surface area (Å²) in [6.07, 6.45) is 2.73. The summed E-state index contributed by atoms with van der Waals surface area (Å²) in [6, 6.07) is 14.9. The highest BCUT2D eigenvalue weighted by atomic mass is 19.1. The number of carbonyl (C=O) groups excluding carboxylic acids is 1. The van der Waals surface area contributed by atoms with Crippen LogP contribution in [0.25, 0.3) is 0 Å². The molecule has 6 nitrogen and oxygen atoms in total. The Balaban J connectivity index is 1.53. The third kappa shape index (κ3) is 4.74. The monoisotopic (exact) mass is 339 g/mol. The normalized spacial score (nSPS) is 10.1. The van der Waals surface area contributed by atoms with E-state index >= 15 is 0 Å². The van der Waals surface area contributed by atoms with Gasteiger partial charge in [-0.2, -0.15) is 0 Å². The maximum Gasteiger partial charge on any atom is 0.322 e. The average Bonchev–Trinajstić information content (AvgIpc) is 2.64. The Morgan fingerprint density at radius 3 is 2.40 bits per heavy atom. The molecule has 1 heterocycles. The lowest BCUT2D eigenvalue weighted by Crippen LogP contribution is -2.20. The molecule has 0 bridgehead atoms. The summed E-state index contributed by atoms with van der Waals surface area (Å²) in [5, 5.41) is 2.60. The first-order chi connectivity index (χ1) is 12.2. The Hall–Kier alpha value is -3.48. The summed E-state index contributed by atoms with van der Waals surface area (Å²) < 4.78 is 24.1. The first-order valence-electron chi connectivity index (χ1n) is 7.43. The number of anilines is 1. The highest BCUT2D eigenvalue weighted by Crippen LogP contribution is 2.21. The number of ether oxygens (including phenoxy) is 2. The molecular weight excluding hydrogens is 325 g/mol. The second-order valence-corrected chi connectivity index (χ2v) is 4.94. The van der Waals surface area contributed by atoms with Gasteiger partial charge in [-0.1, -0.05) is 30.3 Å². The molecule has 0 saturated heterocycles. The van der Waals surface area contributed by atoms with Crippen LogP contribution in [0.2, 0.25) is 0 Å². The van der Waals surface area contributed by atoms with Crippen molar-refractivity contribution in [1.82, 2.24) is 9.97 Å². The van der Waals surface area contributed by atoms with Gasteiger partial charge in [0.1, 0.15) is 5.75 Å². The molecule has 3 aromatic rings. The molecule has 0 radical (unpaired) electrons. The van der Waals surface area contributed by atoms with Gasteiger partial charge in [-0.3, -0.25) is 4.79 Å². The van der Waals surface area contributed by atoms with Crippen LogP contribution in [0, 0.1) is 5.82 Å². The molecule has 0 spiro atoms. The standard InChI is InChI=1S/C18H14FN3O3/c19-15-8-4-5-9-16(15)25-18-20-10-13(11-21-18)22-17(23)12-24-14-6-2-1-3-7-14/h1-11H,12H2,(H,22,23). The molecule has 0 atom stereocenters. The lowest BCUT2D eigenvalue weighted by molar-refractivity contribution is -0.118. The van der Waals surface area contributed by atoms with E-state index in [9.17, 15) is 9.18 Å². The fourth-order valence-corrected chi connectivity index (χ4v) is 1.92. The number of nitrogens with one attached hydrogen (secondary N) is 1. The summed E-state index contributed by atoms with van der Waals surface area (Å²) in [5.74, 6) is -0.241. The third-order valence-corrected chi connectivity index (χ3v) is 3.06. The largest absolute Gasteiger partial charge is 0.484 e. The molecule has 0 aliphatic carbocycles. The average molecular weight is 339 g/mol. The molecule has 25 heavy (non-hydrogen) atoms. The Kier molecular flexibility index (Phi) is 5.16. The Morgan fingerprint density at radius 1 is 1.00 bits per heavy atom. The molecule has 2 aromatic carbocycles. The van der Waals surface area contributed by atoms with E-state index in [-0.39, 0.29) is 24.3 Å². The van der Waals surface area contributed by atoms with Crippen molar-refractivity contribution in [2.75, 3.05) is 11.9 Å². The highest BCUT2D eigenvalue weighted by Gasteiger charge is 2.08. The fraction of sp³-hybridized carbons (Fsp3) is 0.0556. The number of halogens is 1. The van der Waals surface area contributed by atoms with Crippen LogP contribution in [-0.2, 0) is 4.79 Å². The van der Waals surface area contributed by atoms with E-state index in [1.54, 1.807) is 24.3 Å². The molecule has 1 aromatic heterocycles. The number of hydrogen-bond donors (Lipinski definition) is 1. The van der Waals surface area contributed by atoms with Crippen LogP contribution >= 0.6 is 0 Å². The third-order valence-electron chi connectivity index (χ3n) is 3.06. The van der Waals surface area contributed by atoms with Crippen LogP contribution in [0.3, 0.4) is 0 Å². The lowest BCUT2D eigenvalue weighted by atomic mass is 10.3. The number of para-hydroxylation sites is 2. The van der Waals surface area contributed by atoms with E-state index in [1.165, 1.54) is 24.5 Å². The molecule has 0 saturated carbocycles. The number of amides is 1. The highest BCUT2D eigenvalue weighted by molar-refractivity contribution is 5.91. The molecule has 0 fully saturated rings. The van der Waals surface area contributed by atoms with Gasteiger partial charge in [-0.05, 0) is 24.3 Å². The van der Waals surface area contributed by atoms with Gasteiger partial charge < -0.3 is 14.8 Å². The van der Waals surface area contributed by atoms with Gasteiger partial charge in [0.15, 0.2) is 18.2 Å². The van der Waals surface area contributed by atoms with Crippen LogP contribution in [0.1, 0.15) is 0 Å². The first kappa shape index (κ1) is 16.4. The van der Waals surface area contributed by atoms with Crippen molar-refractivity contribution in [2.24, 2.45) is 0 Å². The topological polar surface area (TPSA) is 73.3 Å². The van der Waals surface area contributed by atoms with E-state index < -0.39 is 5.82 Å². The molecular formula is C18H14FN3O3. The van der Waals surface area contributed by atoms with Crippen LogP contribution in [0.4, 0.5) is 10.1 Å². The summed E-state index contributed by atoms with van der Waals surface area (Å²) in [4.78, 5) is 19.7. The number of benzene rings is 2. The zero-order chi connectivity index (χ0) is 17.5. The van der Waals surface area contributed by atoms with Crippen molar-refractivity contribution in [1.29, 1.82) is 0 Å². The fourth-order valence-electron chi connectivity index (χ4n) is 1.92. The van der Waals surface area contributed by atoms with E-state index in [1.807, 2.05) is 18.2 Å². The van der Waals surface area contributed by atoms with Crippen molar-refractivity contribution >= 4 is 11.6 Å². The first-order valence-corrected chi connectivity index (χ1v) is 7.43. The van der Waals surface area contributed by atoms with Crippen molar-refractivity contribution in [3.63, 3.8) is 0 Å². The maximum atomic E-state index is 13.5. The van der Waals surface area contributed by atoms with Gasteiger partial charge in [0.25, 0.3) is 5.91 Å². The van der Waals surface area contributed by atoms with Gasteiger partial charge >= 0.3 is 6.01 Å². The zero-order valence-corrected chi connectivity index (χ0v) is 13.1. The second-order valence-electron chi connectivity index (χ2n) is 4.94. The maximum absolute atomic E-state index is 13.5. The predicted octanol–water partition coefficient (Wildman–Crippen LogP) is 3.43.